The summed E-state index contributed by atoms with van der Waals surface area (Å²) in [5.74, 6) is -0.692. The quantitative estimate of drug-likeness (QED) is 0.412. The fourth-order valence-corrected chi connectivity index (χ4v) is 4.45. The van der Waals surface area contributed by atoms with E-state index >= 15 is 0 Å². The zero-order chi connectivity index (χ0) is 26.7. The van der Waals surface area contributed by atoms with Crippen molar-refractivity contribution in [1.29, 1.82) is 0 Å². The molecule has 2 aliphatic heterocycles. The number of carbonyl (C=O) groups excluding carboxylic acids is 3. The maximum Gasteiger partial charge on any atom is 0.244 e. The van der Waals surface area contributed by atoms with E-state index in [4.69, 9.17) is 25.8 Å². The molecule has 0 aromatic heterocycles. The number of allylic oxidation sites excluding steroid dienone is 2. The van der Waals surface area contributed by atoms with Crippen LogP contribution >= 0.6 is 11.6 Å². The van der Waals surface area contributed by atoms with Crippen molar-refractivity contribution in [3.05, 3.63) is 70.9 Å². The fraction of sp³-hybridized carbons (Fsp3) is 0.259. The minimum Gasteiger partial charge on any atom is -0.497 e. The number of halogens is 1. The molecule has 0 aliphatic carbocycles. The van der Waals surface area contributed by atoms with E-state index in [1.165, 1.54) is 33.6 Å². The molecule has 0 bridgehead atoms. The van der Waals surface area contributed by atoms with Gasteiger partial charge in [-0.1, -0.05) is 29.8 Å². The number of methoxy groups -OCH3 is 3. The van der Waals surface area contributed by atoms with Gasteiger partial charge >= 0.3 is 0 Å². The molecular formula is C27H26ClN3O6. The summed E-state index contributed by atoms with van der Waals surface area (Å²) in [5, 5.41) is 3.08. The van der Waals surface area contributed by atoms with Crippen LogP contribution in [0, 0.1) is 5.92 Å². The third kappa shape index (κ3) is 5.36. The van der Waals surface area contributed by atoms with Crippen LogP contribution in [-0.4, -0.2) is 62.1 Å². The molecular weight excluding hydrogens is 498 g/mol. The number of carbonyl (C=O) groups is 3. The number of hydrogen-bond donors (Lipinski definition) is 1. The first-order valence-electron chi connectivity index (χ1n) is 11.4. The second-order valence-corrected chi connectivity index (χ2v) is 8.85. The highest BCUT2D eigenvalue weighted by molar-refractivity contribution is 6.32. The van der Waals surface area contributed by atoms with Gasteiger partial charge in [0.2, 0.25) is 5.91 Å². The molecule has 2 atom stereocenters. The van der Waals surface area contributed by atoms with Gasteiger partial charge in [-0.15, -0.1) is 0 Å². The Bertz CT molecular complexity index is 1350. The molecule has 9 nitrogen and oxygen atoms in total. The maximum absolute atomic E-state index is 13.3. The van der Waals surface area contributed by atoms with E-state index < -0.39 is 23.8 Å². The van der Waals surface area contributed by atoms with Gasteiger partial charge in [-0.05, 0) is 31.2 Å². The summed E-state index contributed by atoms with van der Waals surface area (Å²) < 4.78 is 15.8. The monoisotopic (exact) mass is 523 g/mol. The molecule has 192 valence electrons. The molecule has 2 aromatic rings. The molecule has 0 fully saturated rings. The summed E-state index contributed by atoms with van der Waals surface area (Å²) in [6.45, 7) is 1.63. The maximum atomic E-state index is 13.3. The number of dihydropyridines is 1. The van der Waals surface area contributed by atoms with Crippen LogP contribution in [-0.2, 0) is 9.59 Å². The number of ether oxygens (including phenoxy) is 3. The minimum absolute atomic E-state index is 0.0354. The lowest BCUT2D eigenvalue weighted by Crippen LogP contribution is -2.48. The van der Waals surface area contributed by atoms with Crippen LogP contribution in [0.2, 0.25) is 5.02 Å². The van der Waals surface area contributed by atoms with Crippen molar-refractivity contribution >= 4 is 40.5 Å². The van der Waals surface area contributed by atoms with Gasteiger partial charge in [0.1, 0.15) is 23.4 Å². The highest BCUT2D eigenvalue weighted by Gasteiger charge is 2.40. The van der Waals surface area contributed by atoms with E-state index in [-0.39, 0.29) is 17.9 Å². The Morgan fingerprint density at radius 2 is 1.84 bits per heavy atom. The standard InChI is InChI=1S/C27H26ClN3O6/c1-15-8-9-18-26(34)19(25(33)16-6-5-7-17(10-16)35-2)13-31(27(18)29-15)14-24(32)30-21-11-20(28)22(36-3)12-23(21)37-4/h5-13,18,27H,14H2,1-4H3,(H,30,32). The van der Waals surface area contributed by atoms with Gasteiger partial charge in [0.25, 0.3) is 0 Å². The first-order valence-corrected chi connectivity index (χ1v) is 11.8. The van der Waals surface area contributed by atoms with E-state index in [9.17, 15) is 14.4 Å². The van der Waals surface area contributed by atoms with Gasteiger partial charge in [0, 0.05) is 23.5 Å². The van der Waals surface area contributed by atoms with Gasteiger partial charge in [-0.25, -0.2) is 0 Å². The summed E-state index contributed by atoms with van der Waals surface area (Å²) in [5.41, 5.74) is 1.33. The highest BCUT2D eigenvalue weighted by Crippen LogP contribution is 2.36. The molecule has 0 saturated heterocycles. The smallest absolute Gasteiger partial charge is 0.244 e. The molecule has 1 amide bonds. The molecule has 2 aromatic carbocycles. The number of fused-ring (bicyclic) bond motifs is 1. The summed E-state index contributed by atoms with van der Waals surface area (Å²) in [4.78, 5) is 46.0. The van der Waals surface area contributed by atoms with Crippen molar-refractivity contribution in [2.75, 3.05) is 33.2 Å². The normalized spacial score (nSPS) is 18.4. The summed E-state index contributed by atoms with van der Waals surface area (Å²) in [6.07, 6.45) is 4.21. The van der Waals surface area contributed by atoms with Crippen LogP contribution in [0.25, 0.3) is 0 Å². The van der Waals surface area contributed by atoms with Crippen molar-refractivity contribution < 1.29 is 28.6 Å². The Morgan fingerprint density at radius 1 is 1.08 bits per heavy atom. The van der Waals surface area contributed by atoms with Crippen molar-refractivity contribution in [2.45, 2.75) is 13.1 Å². The second-order valence-electron chi connectivity index (χ2n) is 8.44. The Morgan fingerprint density at radius 3 is 2.54 bits per heavy atom. The molecule has 0 radical (unpaired) electrons. The van der Waals surface area contributed by atoms with Crippen LogP contribution in [0.5, 0.6) is 17.2 Å². The topological polar surface area (TPSA) is 107 Å². The Hall–Kier alpha value is -4.11. The van der Waals surface area contributed by atoms with Crippen molar-refractivity contribution in [1.82, 2.24) is 4.90 Å². The number of anilines is 1. The van der Waals surface area contributed by atoms with E-state index in [1.54, 1.807) is 54.3 Å². The summed E-state index contributed by atoms with van der Waals surface area (Å²) in [6, 6.07) is 9.66. The number of hydrogen-bond acceptors (Lipinski definition) is 8. The number of Topliss-reactive ketones (excluding diaryl/α,β-unsaturated/α-hetero) is 2. The number of nitrogens with one attached hydrogen (secondary N) is 1. The van der Waals surface area contributed by atoms with E-state index in [1.807, 2.05) is 0 Å². The van der Waals surface area contributed by atoms with Gasteiger partial charge in [0.15, 0.2) is 11.6 Å². The Kier molecular flexibility index (Phi) is 7.63. The van der Waals surface area contributed by atoms with Gasteiger partial charge < -0.3 is 24.4 Å². The summed E-state index contributed by atoms with van der Waals surface area (Å²) >= 11 is 6.23. The van der Waals surface area contributed by atoms with Gasteiger partial charge in [-0.3, -0.25) is 19.4 Å². The average molecular weight is 524 g/mol. The van der Waals surface area contributed by atoms with Crippen LogP contribution < -0.4 is 19.5 Å². The molecule has 2 unspecified atom stereocenters. The van der Waals surface area contributed by atoms with Crippen molar-refractivity contribution in [2.24, 2.45) is 10.9 Å². The SMILES string of the molecule is COc1cccc(C(=O)C2=CN(CC(=O)Nc3cc(Cl)c(OC)cc3OC)C3N=C(C)C=CC3C2=O)c1. The number of benzene rings is 2. The third-order valence-corrected chi connectivity index (χ3v) is 6.35. The lowest BCUT2D eigenvalue weighted by molar-refractivity contribution is -0.122. The van der Waals surface area contributed by atoms with Crippen molar-refractivity contribution in [3.63, 3.8) is 0 Å². The van der Waals surface area contributed by atoms with E-state index in [2.05, 4.69) is 10.3 Å². The van der Waals surface area contributed by atoms with Crippen molar-refractivity contribution in [3.8, 4) is 17.2 Å². The van der Waals surface area contributed by atoms with E-state index in [0.29, 0.717) is 39.2 Å². The average Bonchev–Trinajstić information content (AvgIpc) is 2.90. The van der Waals surface area contributed by atoms with Crippen LogP contribution in [0.1, 0.15) is 17.3 Å². The Balaban J connectivity index is 1.65. The minimum atomic E-state index is -0.712. The largest absolute Gasteiger partial charge is 0.497 e. The number of rotatable bonds is 8. The molecule has 10 heteroatoms. The van der Waals surface area contributed by atoms with Crippen LogP contribution in [0.3, 0.4) is 0 Å². The molecule has 1 N–H and O–H groups in total. The number of amides is 1. The number of aliphatic imine (C=N–C) groups is 1. The first-order chi connectivity index (χ1) is 17.7. The predicted octanol–water partition coefficient (Wildman–Crippen LogP) is 3.93. The predicted molar refractivity (Wildman–Crippen MR) is 140 cm³/mol. The van der Waals surface area contributed by atoms with Crippen LogP contribution in [0.15, 0.2) is 65.3 Å². The molecule has 0 saturated carbocycles. The zero-order valence-electron chi connectivity index (χ0n) is 20.8. The second kappa shape index (κ2) is 10.9. The van der Waals surface area contributed by atoms with Crippen LogP contribution in [0.4, 0.5) is 5.69 Å². The number of nitrogens with zero attached hydrogens (tertiary/aromatic N) is 2. The Labute approximate surface area is 219 Å². The summed E-state index contributed by atoms with van der Waals surface area (Å²) in [7, 11) is 4.44. The molecule has 2 aliphatic rings. The molecule has 37 heavy (non-hydrogen) atoms. The molecule has 0 spiro atoms. The van der Waals surface area contributed by atoms with E-state index in [0.717, 1.165) is 0 Å². The first kappa shape index (κ1) is 26.0. The van der Waals surface area contributed by atoms with Gasteiger partial charge in [0.05, 0.1) is 50.1 Å². The number of ketones is 2. The molecule has 2 heterocycles. The fourth-order valence-electron chi connectivity index (χ4n) is 4.21. The van der Waals surface area contributed by atoms with Gasteiger partial charge in [-0.2, -0.15) is 0 Å². The lowest BCUT2D eigenvalue weighted by Gasteiger charge is -2.37. The third-order valence-electron chi connectivity index (χ3n) is 6.06. The lowest BCUT2D eigenvalue weighted by atomic mass is 9.85. The highest BCUT2D eigenvalue weighted by atomic mass is 35.5. The zero-order valence-corrected chi connectivity index (χ0v) is 21.5. The molecule has 4 rings (SSSR count).